The van der Waals surface area contributed by atoms with Crippen LogP contribution >= 0.6 is 0 Å². The second kappa shape index (κ2) is 15.2. The van der Waals surface area contributed by atoms with E-state index in [1.54, 1.807) is 19.1 Å². The van der Waals surface area contributed by atoms with E-state index in [1.165, 1.54) is 38.4 Å². The van der Waals surface area contributed by atoms with E-state index < -0.39 is 41.7 Å². The highest BCUT2D eigenvalue weighted by atomic mass is 19.1. The Morgan fingerprint density at radius 1 is 1.05 bits per heavy atom. The van der Waals surface area contributed by atoms with Crippen LogP contribution in [-0.4, -0.2) is 42.0 Å². The molecule has 0 saturated carbocycles. The number of nitrogens with zero attached hydrogens (tertiary/aromatic N) is 1. The molecule has 214 valence electrons. The first-order chi connectivity index (χ1) is 18.5. The minimum Gasteiger partial charge on any atom is -0.493 e. The number of Topliss-reactive ketones (excluding diaryl/α,β-unsaturated/α-hetero) is 1. The van der Waals surface area contributed by atoms with Gasteiger partial charge in [-0.2, -0.15) is 0 Å². The van der Waals surface area contributed by atoms with Crippen LogP contribution in [0.4, 0.5) is 4.39 Å². The number of rotatable bonds is 15. The molecule has 1 aromatic carbocycles. The lowest BCUT2D eigenvalue weighted by Crippen LogP contribution is -2.40. The first-order valence-electron chi connectivity index (χ1n) is 13.4. The summed E-state index contributed by atoms with van der Waals surface area (Å²) in [5.74, 6) is -2.25. The standard InChI is InChI=1S/C30H40FNO7/c1-8-21(9-2)28(39-24-12-10-11-23(31)17-24)19(5)37-30(35)22(15-18(3)4)16-25(34)27-29(38-20(6)33)26(36-7)13-14-32-27/h10-14,17-19,21-22,28H,8-9,15-16H2,1-7H3/t19-,22+,28+/m0/s1. The molecular formula is C30H40FNO7. The van der Waals surface area contributed by atoms with Gasteiger partial charge in [0.25, 0.3) is 0 Å². The van der Waals surface area contributed by atoms with Gasteiger partial charge in [-0.1, -0.05) is 33.8 Å². The van der Waals surface area contributed by atoms with Crippen molar-refractivity contribution in [2.24, 2.45) is 17.8 Å². The van der Waals surface area contributed by atoms with Crippen molar-refractivity contribution in [3.05, 3.63) is 48.0 Å². The summed E-state index contributed by atoms with van der Waals surface area (Å²) < 4.78 is 36.3. The van der Waals surface area contributed by atoms with Crippen molar-refractivity contribution in [3.63, 3.8) is 0 Å². The highest BCUT2D eigenvalue weighted by Crippen LogP contribution is 2.32. The van der Waals surface area contributed by atoms with E-state index in [0.717, 1.165) is 12.8 Å². The zero-order valence-corrected chi connectivity index (χ0v) is 23.9. The van der Waals surface area contributed by atoms with Crippen LogP contribution in [0.15, 0.2) is 36.5 Å². The molecule has 0 aliphatic carbocycles. The molecule has 0 spiro atoms. The zero-order valence-electron chi connectivity index (χ0n) is 23.9. The molecule has 0 bridgehead atoms. The third-order valence-corrected chi connectivity index (χ3v) is 6.47. The number of ether oxygens (including phenoxy) is 4. The largest absolute Gasteiger partial charge is 0.493 e. The summed E-state index contributed by atoms with van der Waals surface area (Å²) in [6.45, 7) is 10.9. The molecule has 3 atom stereocenters. The van der Waals surface area contributed by atoms with E-state index in [9.17, 15) is 18.8 Å². The number of aromatic nitrogens is 1. The Labute approximate surface area is 230 Å². The number of pyridine rings is 1. The van der Waals surface area contributed by atoms with Crippen molar-refractivity contribution in [2.45, 2.75) is 79.4 Å². The SMILES string of the molecule is CCC(CC)[C@H](Oc1cccc(F)c1)[C@H](C)OC(=O)[C@@H](CC(=O)c1nccc(OC)c1OC(C)=O)CC(C)C. The fourth-order valence-corrected chi connectivity index (χ4v) is 4.56. The average molecular weight is 546 g/mol. The van der Waals surface area contributed by atoms with Crippen molar-refractivity contribution >= 4 is 17.7 Å². The number of hydrogen-bond acceptors (Lipinski definition) is 8. The lowest BCUT2D eigenvalue weighted by molar-refractivity contribution is -0.160. The molecule has 0 aliphatic heterocycles. The van der Waals surface area contributed by atoms with Crippen LogP contribution in [0.5, 0.6) is 17.2 Å². The van der Waals surface area contributed by atoms with E-state index >= 15 is 0 Å². The smallest absolute Gasteiger partial charge is 0.309 e. The molecule has 0 saturated heterocycles. The van der Waals surface area contributed by atoms with Crippen LogP contribution in [0.3, 0.4) is 0 Å². The van der Waals surface area contributed by atoms with Gasteiger partial charge in [0.15, 0.2) is 17.2 Å². The molecule has 1 aromatic heterocycles. The van der Waals surface area contributed by atoms with Crippen LogP contribution in [-0.2, 0) is 14.3 Å². The Hall–Kier alpha value is -3.49. The van der Waals surface area contributed by atoms with Gasteiger partial charge in [0.2, 0.25) is 5.75 Å². The van der Waals surface area contributed by atoms with Crippen molar-refractivity contribution in [1.82, 2.24) is 4.98 Å². The van der Waals surface area contributed by atoms with Gasteiger partial charge in [-0.05, 0) is 50.2 Å². The quantitative estimate of drug-likeness (QED) is 0.192. The predicted molar refractivity (Wildman–Crippen MR) is 144 cm³/mol. The maximum Gasteiger partial charge on any atom is 0.309 e. The van der Waals surface area contributed by atoms with Crippen LogP contribution in [0, 0.1) is 23.6 Å². The Kier molecular flexibility index (Phi) is 12.4. The number of methoxy groups -OCH3 is 1. The van der Waals surface area contributed by atoms with E-state index in [0.29, 0.717) is 12.2 Å². The lowest BCUT2D eigenvalue weighted by atomic mass is 9.90. The van der Waals surface area contributed by atoms with E-state index in [1.807, 2.05) is 27.7 Å². The summed E-state index contributed by atoms with van der Waals surface area (Å²) in [5, 5.41) is 0. The lowest BCUT2D eigenvalue weighted by Gasteiger charge is -2.32. The number of ketones is 1. The monoisotopic (exact) mass is 545 g/mol. The maximum absolute atomic E-state index is 13.8. The van der Waals surface area contributed by atoms with Crippen molar-refractivity contribution in [1.29, 1.82) is 0 Å². The summed E-state index contributed by atoms with van der Waals surface area (Å²) in [4.78, 5) is 42.5. The number of hydrogen-bond donors (Lipinski definition) is 0. The fourth-order valence-electron chi connectivity index (χ4n) is 4.56. The van der Waals surface area contributed by atoms with Crippen LogP contribution in [0.2, 0.25) is 0 Å². The number of carbonyl (C=O) groups excluding carboxylic acids is 3. The van der Waals surface area contributed by atoms with E-state index in [2.05, 4.69) is 4.98 Å². The van der Waals surface area contributed by atoms with Gasteiger partial charge >= 0.3 is 11.9 Å². The van der Waals surface area contributed by atoms with E-state index in [-0.39, 0.29) is 35.4 Å². The molecular weight excluding hydrogens is 505 g/mol. The van der Waals surface area contributed by atoms with E-state index in [4.69, 9.17) is 18.9 Å². The second-order valence-electron chi connectivity index (χ2n) is 10.00. The first kappa shape index (κ1) is 31.7. The minimum atomic E-state index is -0.769. The first-order valence-corrected chi connectivity index (χ1v) is 13.4. The van der Waals surface area contributed by atoms with Crippen molar-refractivity contribution in [2.75, 3.05) is 7.11 Å². The average Bonchev–Trinajstić information content (AvgIpc) is 2.87. The van der Waals surface area contributed by atoms with Gasteiger partial charge in [-0.25, -0.2) is 9.37 Å². The molecule has 8 nitrogen and oxygen atoms in total. The molecule has 2 rings (SSSR count). The maximum atomic E-state index is 13.8. The van der Waals surface area contributed by atoms with Crippen LogP contribution in [0.25, 0.3) is 0 Å². The Morgan fingerprint density at radius 3 is 2.31 bits per heavy atom. The third-order valence-electron chi connectivity index (χ3n) is 6.47. The van der Waals surface area contributed by atoms with Gasteiger partial charge in [0.1, 0.15) is 23.8 Å². The molecule has 0 aliphatic rings. The molecule has 9 heteroatoms. The van der Waals surface area contributed by atoms with Crippen molar-refractivity contribution in [3.8, 4) is 17.2 Å². The summed E-state index contributed by atoms with van der Waals surface area (Å²) >= 11 is 0. The molecule has 1 heterocycles. The molecule has 0 unspecified atom stereocenters. The third kappa shape index (κ3) is 9.33. The number of esters is 2. The molecule has 39 heavy (non-hydrogen) atoms. The van der Waals surface area contributed by atoms with Gasteiger partial charge in [0.05, 0.1) is 13.0 Å². The Morgan fingerprint density at radius 2 is 1.74 bits per heavy atom. The molecule has 0 N–H and O–H groups in total. The molecule has 0 amide bonds. The topological polar surface area (TPSA) is 101 Å². The normalized spacial score (nSPS) is 13.5. The summed E-state index contributed by atoms with van der Waals surface area (Å²) in [6.07, 6.45) is 1.93. The Bertz CT molecular complexity index is 1120. The minimum absolute atomic E-state index is 0.0496. The summed E-state index contributed by atoms with van der Waals surface area (Å²) in [6, 6.07) is 7.33. The van der Waals surface area contributed by atoms with Gasteiger partial charge in [-0.3, -0.25) is 14.4 Å². The van der Waals surface area contributed by atoms with Gasteiger partial charge in [0, 0.05) is 31.7 Å². The molecule has 0 radical (unpaired) electrons. The van der Waals surface area contributed by atoms with Crippen LogP contribution < -0.4 is 14.2 Å². The van der Waals surface area contributed by atoms with Crippen molar-refractivity contribution < 1.29 is 37.7 Å². The predicted octanol–water partition coefficient (Wildman–Crippen LogP) is 6.21. The summed E-state index contributed by atoms with van der Waals surface area (Å²) in [5.41, 5.74) is -0.0940. The fraction of sp³-hybridized carbons (Fsp3) is 0.533. The number of benzene rings is 1. The molecule has 2 aromatic rings. The Balaban J connectivity index is 2.28. The highest BCUT2D eigenvalue weighted by Gasteiger charge is 2.34. The second-order valence-corrected chi connectivity index (χ2v) is 10.00. The highest BCUT2D eigenvalue weighted by molar-refractivity contribution is 6.00. The van der Waals surface area contributed by atoms with Gasteiger partial charge in [-0.15, -0.1) is 0 Å². The number of carbonyl (C=O) groups is 3. The molecule has 0 fully saturated rings. The zero-order chi connectivity index (χ0) is 29.1. The number of halogens is 1. The summed E-state index contributed by atoms with van der Waals surface area (Å²) in [7, 11) is 1.39. The van der Waals surface area contributed by atoms with Crippen LogP contribution in [0.1, 0.15) is 77.7 Å². The van der Waals surface area contributed by atoms with Gasteiger partial charge < -0.3 is 18.9 Å².